The normalized spacial score (nSPS) is 22.4. The molecule has 1 fully saturated rings. The van der Waals surface area contributed by atoms with Crippen molar-refractivity contribution in [1.29, 1.82) is 0 Å². The molecule has 0 radical (unpaired) electrons. The number of aryl methyl sites for hydroxylation is 1. The number of ether oxygens (including phenoxy) is 2. The van der Waals surface area contributed by atoms with Crippen LogP contribution in [0.25, 0.3) is 0 Å². The van der Waals surface area contributed by atoms with E-state index >= 15 is 0 Å². The summed E-state index contributed by atoms with van der Waals surface area (Å²) in [6, 6.07) is 8.49. The van der Waals surface area contributed by atoms with Crippen molar-refractivity contribution in [3.8, 4) is 0 Å². The summed E-state index contributed by atoms with van der Waals surface area (Å²) in [5, 5.41) is 0. The monoisotopic (exact) mass is 263 g/mol. The van der Waals surface area contributed by atoms with E-state index in [0.29, 0.717) is 6.61 Å². The van der Waals surface area contributed by atoms with Crippen molar-refractivity contribution in [2.45, 2.75) is 51.4 Å². The summed E-state index contributed by atoms with van der Waals surface area (Å²) in [5.41, 5.74) is 8.63. The van der Waals surface area contributed by atoms with Crippen molar-refractivity contribution in [2.24, 2.45) is 5.73 Å². The molecular weight excluding hydrogens is 238 g/mol. The second kappa shape index (κ2) is 7.04. The van der Waals surface area contributed by atoms with Crippen LogP contribution < -0.4 is 5.73 Å². The van der Waals surface area contributed by atoms with Crippen molar-refractivity contribution in [3.63, 3.8) is 0 Å². The fourth-order valence-electron chi connectivity index (χ4n) is 2.42. The van der Waals surface area contributed by atoms with Crippen LogP contribution in [0.15, 0.2) is 24.3 Å². The molecule has 1 heterocycles. The molecule has 106 valence electrons. The van der Waals surface area contributed by atoms with Gasteiger partial charge in [0.2, 0.25) is 0 Å². The van der Waals surface area contributed by atoms with Crippen LogP contribution in [-0.4, -0.2) is 25.4 Å². The van der Waals surface area contributed by atoms with Gasteiger partial charge in [-0.15, -0.1) is 0 Å². The van der Waals surface area contributed by atoms with E-state index in [0.717, 1.165) is 31.4 Å². The van der Waals surface area contributed by atoms with Crippen molar-refractivity contribution >= 4 is 0 Å². The lowest BCUT2D eigenvalue weighted by Gasteiger charge is -2.25. The van der Waals surface area contributed by atoms with Crippen molar-refractivity contribution < 1.29 is 9.47 Å². The van der Waals surface area contributed by atoms with E-state index in [1.54, 1.807) is 0 Å². The average Bonchev–Trinajstić information content (AvgIpc) is 2.93. The van der Waals surface area contributed by atoms with Crippen LogP contribution in [-0.2, 0) is 9.47 Å². The van der Waals surface area contributed by atoms with E-state index in [2.05, 4.69) is 38.1 Å². The van der Waals surface area contributed by atoms with Gasteiger partial charge >= 0.3 is 0 Å². The van der Waals surface area contributed by atoms with Gasteiger partial charge in [0.05, 0.1) is 18.8 Å². The van der Waals surface area contributed by atoms with Gasteiger partial charge in [0, 0.05) is 12.6 Å². The predicted octanol–water partition coefficient (Wildman–Crippen LogP) is 2.97. The summed E-state index contributed by atoms with van der Waals surface area (Å²) in [6.45, 7) is 5.70. The van der Waals surface area contributed by atoms with Gasteiger partial charge in [-0.2, -0.15) is 0 Å². The number of benzene rings is 1. The Morgan fingerprint density at radius 3 is 2.68 bits per heavy atom. The number of nitrogens with two attached hydrogens (primary N) is 1. The third kappa shape index (κ3) is 4.03. The van der Waals surface area contributed by atoms with Crippen LogP contribution in [0.4, 0.5) is 0 Å². The maximum absolute atomic E-state index is 6.21. The van der Waals surface area contributed by atoms with E-state index in [1.807, 2.05) is 0 Å². The number of hydrogen-bond acceptors (Lipinski definition) is 3. The molecule has 1 saturated heterocycles. The highest BCUT2D eigenvalue weighted by molar-refractivity contribution is 5.24. The van der Waals surface area contributed by atoms with Gasteiger partial charge in [-0.3, -0.25) is 0 Å². The van der Waals surface area contributed by atoms with E-state index in [9.17, 15) is 0 Å². The first kappa shape index (κ1) is 14.5. The molecule has 0 saturated carbocycles. The first-order chi connectivity index (χ1) is 9.20. The predicted molar refractivity (Wildman–Crippen MR) is 77.1 cm³/mol. The van der Waals surface area contributed by atoms with E-state index in [-0.39, 0.29) is 18.2 Å². The molecule has 0 amide bonds. The minimum atomic E-state index is -0.0326. The fraction of sp³-hybridized carbons (Fsp3) is 0.625. The van der Waals surface area contributed by atoms with Gasteiger partial charge in [0.1, 0.15) is 0 Å². The van der Waals surface area contributed by atoms with Crippen LogP contribution >= 0.6 is 0 Å². The third-order valence-electron chi connectivity index (χ3n) is 3.75. The Kier molecular flexibility index (Phi) is 5.37. The SMILES string of the molecule is CCC(N)C(OCC1CCCO1)c1ccc(C)cc1. The molecule has 1 aliphatic heterocycles. The second-order valence-electron chi connectivity index (χ2n) is 5.37. The van der Waals surface area contributed by atoms with Gasteiger partial charge in [-0.1, -0.05) is 36.8 Å². The molecule has 0 aromatic heterocycles. The highest BCUT2D eigenvalue weighted by Gasteiger charge is 2.23. The Labute approximate surface area is 116 Å². The maximum atomic E-state index is 6.21. The largest absolute Gasteiger partial charge is 0.376 e. The lowest BCUT2D eigenvalue weighted by molar-refractivity contribution is -0.0310. The summed E-state index contributed by atoms with van der Waals surface area (Å²) < 4.78 is 11.7. The van der Waals surface area contributed by atoms with Crippen molar-refractivity contribution in [1.82, 2.24) is 0 Å². The lowest BCUT2D eigenvalue weighted by atomic mass is 10.00. The van der Waals surface area contributed by atoms with Crippen molar-refractivity contribution in [2.75, 3.05) is 13.2 Å². The zero-order chi connectivity index (χ0) is 13.7. The minimum absolute atomic E-state index is 0.0316. The van der Waals surface area contributed by atoms with Gasteiger partial charge in [0.15, 0.2) is 0 Å². The fourth-order valence-corrected chi connectivity index (χ4v) is 2.42. The molecule has 0 spiro atoms. The minimum Gasteiger partial charge on any atom is -0.376 e. The zero-order valence-corrected chi connectivity index (χ0v) is 12.0. The van der Waals surface area contributed by atoms with Gasteiger partial charge in [-0.25, -0.2) is 0 Å². The molecule has 0 bridgehead atoms. The Morgan fingerprint density at radius 1 is 1.37 bits per heavy atom. The highest BCUT2D eigenvalue weighted by Crippen LogP contribution is 2.24. The molecule has 2 rings (SSSR count). The summed E-state index contributed by atoms with van der Waals surface area (Å²) in [6.07, 6.45) is 3.36. The lowest BCUT2D eigenvalue weighted by Crippen LogP contribution is -2.31. The average molecular weight is 263 g/mol. The summed E-state index contributed by atoms with van der Waals surface area (Å²) in [5.74, 6) is 0. The standard InChI is InChI=1S/C16H25NO2/c1-3-15(17)16(13-8-6-12(2)7-9-13)19-11-14-5-4-10-18-14/h6-9,14-16H,3-5,10-11,17H2,1-2H3. The quantitative estimate of drug-likeness (QED) is 0.858. The molecule has 1 aliphatic rings. The van der Waals surface area contributed by atoms with Crippen LogP contribution in [0.5, 0.6) is 0 Å². The Balaban J connectivity index is 2.00. The first-order valence-electron chi connectivity index (χ1n) is 7.26. The molecule has 2 N–H and O–H groups in total. The Bertz CT molecular complexity index is 371. The molecule has 1 aromatic carbocycles. The Morgan fingerprint density at radius 2 is 2.11 bits per heavy atom. The highest BCUT2D eigenvalue weighted by atomic mass is 16.5. The smallest absolute Gasteiger partial charge is 0.0976 e. The summed E-state index contributed by atoms with van der Waals surface area (Å²) in [7, 11) is 0. The van der Waals surface area contributed by atoms with Crippen LogP contribution in [0.3, 0.4) is 0 Å². The van der Waals surface area contributed by atoms with E-state index in [4.69, 9.17) is 15.2 Å². The maximum Gasteiger partial charge on any atom is 0.0976 e. The Hall–Kier alpha value is -0.900. The molecule has 3 nitrogen and oxygen atoms in total. The number of rotatable bonds is 6. The van der Waals surface area contributed by atoms with Gasteiger partial charge in [0.25, 0.3) is 0 Å². The van der Waals surface area contributed by atoms with Gasteiger partial charge < -0.3 is 15.2 Å². The molecule has 3 unspecified atom stereocenters. The number of hydrogen-bond donors (Lipinski definition) is 1. The van der Waals surface area contributed by atoms with Crippen molar-refractivity contribution in [3.05, 3.63) is 35.4 Å². The molecule has 0 aliphatic carbocycles. The van der Waals surface area contributed by atoms with Gasteiger partial charge in [-0.05, 0) is 31.7 Å². The topological polar surface area (TPSA) is 44.5 Å². The van der Waals surface area contributed by atoms with Crippen LogP contribution in [0, 0.1) is 6.92 Å². The summed E-state index contributed by atoms with van der Waals surface area (Å²) in [4.78, 5) is 0. The molecule has 3 atom stereocenters. The third-order valence-corrected chi connectivity index (χ3v) is 3.75. The zero-order valence-electron chi connectivity index (χ0n) is 12.0. The van der Waals surface area contributed by atoms with E-state index < -0.39 is 0 Å². The van der Waals surface area contributed by atoms with Crippen LogP contribution in [0.2, 0.25) is 0 Å². The molecular formula is C16H25NO2. The molecule has 3 heteroatoms. The van der Waals surface area contributed by atoms with E-state index in [1.165, 1.54) is 5.56 Å². The summed E-state index contributed by atoms with van der Waals surface area (Å²) >= 11 is 0. The second-order valence-corrected chi connectivity index (χ2v) is 5.37. The molecule has 1 aromatic rings. The first-order valence-corrected chi connectivity index (χ1v) is 7.26. The van der Waals surface area contributed by atoms with Crippen LogP contribution in [0.1, 0.15) is 43.4 Å². The molecule has 19 heavy (non-hydrogen) atoms.